The van der Waals surface area contributed by atoms with Gasteiger partial charge in [-0.15, -0.1) is 0 Å². The minimum absolute atomic E-state index is 0.286. The van der Waals surface area contributed by atoms with Crippen LogP contribution in [0.25, 0.3) is 39.0 Å². The standard InChI is InChI=1S/C42H41N7O/c1-41(2,3)39-44-38(45-40(46-39)42(4,5)6)31-24-30-29-17-8-9-18-32(29)49(37-21-12-13-22-43-37)35(30)25-36(31)50-28-16-14-15-27(23-28)48-26-47(7)33-19-10-11-20-34(33)48/h8-25H,26H2,1-7H3. The van der Waals surface area contributed by atoms with E-state index in [1.807, 2.05) is 36.5 Å². The molecule has 0 spiro atoms. The monoisotopic (exact) mass is 659 g/mol. The smallest absolute Gasteiger partial charge is 0.167 e. The van der Waals surface area contributed by atoms with E-state index in [2.05, 4.69) is 136 Å². The topological polar surface area (TPSA) is 72.2 Å². The number of hydrogen-bond acceptors (Lipinski definition) is 7. The summed E-state index contributed by atoms with van der Waals surface area (Å²) in [5, 5.41) is 2.18. The zero-order chi connectivity index (χ0) is 34.8. The van der Waals surface area contributed by atoms with Crippen molar-refractivity contribution in [2.75, 3.05) is 23.5 Å². The van der Waals surface area contributed by atoms with Gasteiger partial charge in [-0.25, -0.2) is 19.9 Å². The van der Waals surface area contributed by atoms with Crippen LogP contribution in [0.5, 0.6) is 11.5 Å². The Hall–Kier alpha value is -5.76. The van der Waals surface area contributed by atoms with Gasteiger partial charge in [0.05, 0.1) is 34.6 Å². The van der Waals surface area contributed by atoms with E-state index in [-0.39, 0.29) is 10.8 Å². The van der Waals surface area contributed by atoms with Crippen LogP contribution in [0.4, 0.5) is 17.1 Å². The molecule has 0 saturated carbocycles. The molecule has 3 aromatic heterocycles. The van der Waals surface area contributed by atoms with Gasteiger partial charge in [0, 0.05) is 52.7 Å². The first-order valence-corrected chi connectivity index (χ1v) is 17.1. The zero-order valence-electron chi connectivity index (χ0n) is 29.6. The first kappa shape index (κ1) is 31.5. The summed E-state index contributed by atoms with van der Waals surface area (Å²) >= 11 is 0. The summed E-state index contributed by atoms with van der Waals surface area (Å²) in [4.78, 5) is 24.5. The number of para-hydroxylation sites is 3. The average molecular weight is 660 g/mol. The van der Waals surface area contributed by atoms with Crippen molar-refractivity contribution in [2.45, 2.75) is 52.4 Å². The zero-order valence-corrected chi connectivity index (χ0v) is 29.6. The molecule has 7 aromatic rings. The normalized spacial score (nSPS) is 13.3. The molecular weight excluding hydrogens is 619 g/mol. The third kappa shape index (κ3) is 5.50. The molecule has 50 heavy (non-hydrogen) atoms. The summed E-state index contributed by atoms with van der Waals surface area (Å²) in [6.07, 6.45) is 1.83. The van der Waals surface area contributed by atoms with Crippen molar-refractivity contribution in [3.63, 3.8) is 0 Å². The summed E-state index contributed by atoms with van der Waals surface area (Å²) in [6, 6.07) is 35.5. The minimum atomic E-state index is -0.286. The molecule has 1 aliphatic heterocycles. The lowest BCUT2D eigenvalue weighted by atomic mass is 9.93. The number of pyridine rings is 1. The Morgan fingerprint density at radius 3 is 2.06 bits per heavy atom. The summed E-state index contributed by atoms with van der Waals surface area (Å²) < 4.78 is 9.15. The van der Waals surface area contributed by atoms with Gasteiger partial charge in [0.2, 0.25) is 0 Å². The first-order chi connectivity index (χ1) is 24.0. The van der Waals surface area contributed by atoms with E-state index < -0.39 is 0 Å². The Morgan fingerprint density at radius 1 is 0.640 bits per heavy atom. The van der Waals surface area contributed by atoms with Crippen molar-refractivity contribution in [1.82, 2.24) is 24.5 Å². The molecule has 0 radical (unpaired) electrons. The van der Waals surface area contributed by atoms with E-state index in [4.69, 9.17) is 24.7 Å². The highest BCUT2D eigenvalue weighted by Gasteiger charge is 2.28. The van der Waals surface area contributed by atoms with Gasteiger partial charge in [0.1, 0.15) is 29.0 Å². The molecule has 4 aromatic carbocycles. The van der Waals surface area contributed by atoms with Crippen molar-refractivity contribution < 1.29 is 4.74 Å². The first-order valence-electron chi connectivity index (χ1n) is 17.1. The van der Waals surface area contributed by atoms with Crippen LogP contribution in [0.1, 0.15) is 53.2 Å². The molecule has 8 rings (SSSR count). The third-order valence-electron chi connectivity index (χ3n) is 9.16. The second-order valence-corrected chi connectivity index (χ2v) is 15.1. The van der Waals surface area contributed by atoms with E-state index >= 15 is 0 Å². The minimum Gasteiger partial charge on any atom is -0.456 e. The van der Waals surface area contributed by atoms with Gasteiger partial charge in [0.25, 0.3) is 0 Å². The number of hydrogen-bond donors (Lipinski definition) is 0. The van der Waals surface area contributed by atoms with Crippen LogP contribution < -0.4 is 14.5 Å². The van der Waals surface area contributed by atoms with Crippen LogP contribution in [0.3, 0.4) is 0 Å². The highest BCUT2D eigenvalue weighted by Crippen LogP contribution is 2.44. The number of fused-ring (bicyclic) bond motifs is 4. The predicted molar refractivity (Wildman–Crippen MR) is 203 cm³/mol. The third-order valence-corrected chi connectivity index (χ3v) is 9.16. The molecule has 0 unspecified atom stereocenters. The van der Waals surface area contributed by atoms with Crippen LogP contribution in [0.15, 0.2) is 109 Å². The number of rotatable bonds is 5. The van der Waals surface area contributed by atoms with Gasteiger partial charge in [-0.3, -0.25) is 4.57 Å². The number of aromatic nitrogens is 5. The fourth-order valence-corrected chi connectivity index (χ4v) is 6.60. The molecule has 8 nitrogen and oxygen atoms in total. The molecule has 0 N–H and O–H groups in total. The van der Waals surface area contributed by atoms with Gasteiger partial charge < -0.3 is 14.5 Å². The van der Waals surface area contributed by atoms with Crippen molar-refractivity contribution in [1.29, 1.82) is 0 Å². The van der Waals surface area contributed by atoms with Gasteiger partial charge in [0.15, 0.2) is 5.82 Å². The van der Waals surface area contributed by atoms with E-state index in [1.54, 1.807) is 0 Å². The molecule has 1 aliphatic rings. The maximum Gasteiger partial charge on any atom is 0.167 e. The summed E-state index contributed by atoms with van der Waals surface area (Å²) in [5.41, 5.74) is 5.69. The van der Waals surface area contributed by atoms with Crippen LogP contribution >= 0.6 is 0 Å². The molecular formula is C42H41N7O. The van der Waals surface area contributed by atoms with Crippen LogP contribution in [-0.4, -0.2) is 38.2 Å². The number of anilines is 3. The molecule has 8 heteroatoms. The lowest BCUT2D eigenvalue weighted by Gasteiger charge is -2.23. The summed E-state index contributed by atoms with van der Waals surface area (Å²) in [7, 11) is 2.12. The van der Waals surface area contributed by atoms with Crippen molar-refractivity contribution in [3.8, 4) is 28.7 Å². The summed E-state index contributed by atoms with van der Waals surface area (Å²) in [5.74, 6) is 4.28. The number of benzene rings is 4. The van der Waals surface area contributed by atoms with Crippen LogP contribution in [0, 0.1) is 0 Å². The fourth-order valence-electron chi connectivity index (χ4n) is 6.60. The van der Waals surface area contributed by atoms with E-state index in [9.17, 15) is 0 Å². The lowest BCUT2D eigenvalue weighted by Crippen LogP contribution is -2.24. The fraction of sp³-hybridized carbons (Fsp3) is 0.238. The van der Waals surface area contributed by atoms with Crippen molar-refractivity contribution in [2.24, 2.45) is 0 Å². The quantitative estimate of drug-likeness (QED) is 0.182. The Bertz CT molecular complexity index is 2350. The molecule has 0 aliphatic carbocycles. The maximum atomic E-state index is 6.95. The Balaban J connectivity index is 1.36. The van der Waals surface area contributed by atoms with Gasteiger partial charge in [-0.2, -0.15) is 0 Å². The largest absolute Gasteiger partial charge is 0.456 e. The SMILES string of the molecule is CN1CN(c2cccc(Oc3cc4c(cc3-c3nc(C(C)(C)C)nc(C(C)(C)C)n3)c3ccccc3n4-c3ccccn3)c2)c2ccccc21. The van der Waals surface area contributed by atoms with Gasteiger partial charge in [-0.1, -0.05) is 84.0 Å². The molecule has 0 bridgehead atoms. The van der Waals surface area contributed by atoms with Crippen molar-refractivity contribution in [3.05, 3.63) is 121 Å². The predicted octanol–water partition coefficient (Wildman–Crippen LogP) is 9.96. The van der Waals surface area contributed by atoms with E-state index in [0.29, 0.717) is 11.6 Å². The van der Waals surface area contributed by atoms with Gasteiger partial charge >= 0.3 is 0 Å². The molecule has 250 valence electrons. The molecule has 0 amide bonds. The molecule has 4 heterocycles. The number of ether oxygens (including phenoxy) is 1. The number of nitrogens with zero attached hydrogens (tertiary/aromatic N) is 7. The maximum absolute atomic E-state index is 6.95. The van der Waals surface area contributed by atoms with Gasteiger partial charge in [-0.05, 0) is 48.5 Å². The Morgan fingerprint density at radius 2 is 1.34 bits per heavy atom. The molecule has 0 saturated heterocycles. The second kappa shape index (κ2) is 11.7. The second-order valence-electron chi connectivity index (χ2n) is 15.1. The average Bonchev–Trinajstić information content (AvgIpc) is 3.61. The summed E-state index contributed by atoms with van der Waals surface area (Å²) in [6.45, 7) is 13.6. The Kier molecular flexibility index (Phi) is 7.37. The lowest BCUT2D eigenvalue weighted by molar-refractivity contribution is 0.481. The molecule has 0 fully saturated rings. The highest BCUT2D eigenvalue weighted by atomic mass is 16.5. The Labute approximate surface area is 293 Å². The van der Waals surface area contributed by atoms with Crippen LogP contribution in [0.2, 0.25) is 0 Å². The van der Waals surface area contributed by atoms with Crippen LogP contribution in [-0.2, 0) is 10.8 Å². The van der Waals surface area contributed by atoms with E-state index in [0.717, 1.165) is 62.9 Å². The highest BCUT2D eigenvalue weighted by molar-refractivity contribution is 6.11. The molecule has 0 atom stereocenters. The van der Waals surface area contributed by atoms with Crippen molar-refractivity contribution >= 4 is 38.9 Å². The van der Waals surface area contributed by atoms with E-state index in [1.165, 1.54) is 11.4 Å².